The van der Waals surface area contributed by atoms with Gasteiger partial charge in [0.05, 0.1) is 0 Å². The quantitative estimate of drug-likeness (QED) is 0.815. The number of carboxylic acids is 1. The molecule has 1 aliphatic carbocycles. The predicted molar refractivity (Wildman–Crippen MR) is 78.8 cm³/mol. The fourth-order valence-corrected chi connectivity index (χ4v) is 2.86. The molecule has 1 saturated carbocycles. The molecular formula is C15H26N2O4. The number of imide groups is 1. The predicted octanol–water partition coefficient (Wildman–Crippen LogP) is 2.23. The molecule has 0 saturated heterocycles. The molecule has 1 aliphatic rings. The molecule has 1 rings (SSSR count). The van der Waals surface area contributed by atoms with E-state index in [2.05, 4.69) is 12.2 Å². The lowest BCUT2D eigenvalue weighted by Gasteiger charge is -2.34. The van der Waals surface area contributed by atoms with Crippen LogP contribution >= 0.6 is 0 Å². The first-order chi connectivity index (χ1) is 9.79. The van der Waals surface area contributed by atoms with Crippen molar-refractivity contribution in [2.24, 2.45) is 11.8 Å². The van der Waals surface area contributed by atoms with Crippen LogP contribution in [-0.2, 0) is 9.59 Å². The fourth-order valence-electron chi connectivity index (χ4n) is 2.86. The van der Waals surface area contributed by atoms with Crippen molar-refractivity contribution in [3.05, 3.63) is 0 Å². The molecule has 3 unspecified atom stereocenters. The molecule has 6 nitrogen and oxygen atoms in total. The van der Waals surface area contributed by atoms with Crippen LogP contribution in [0.4, 0.5) is 4.79 Å². The monoisotopic (exact) mass is 298 g/mol. The van der Waals surface area contributed by atoms with E-state index in [1.165, 1.54) is 6.42 Å². The van der Waals surface area contributed by atoms with Crippen LogP contribution in [0.1, 0.15) is 52.4 Å². The number of carboxylic acid groups (broad SMARTS) is 1. The Morgan fingerprint density at radius 2 is 1.95 bits per heavy atom. The van der Waals surface area contributed by atoms with Crippen LogP contribution in [0.15, 0.2) is 0 Å². The summed E-state index contributed by atoms with van der Waals surface area (Å²) in [7, 11) is 1.71. The van der Waals surface area contributed by atoms with Gasteiger partial charge in [-0.1, -0.05) is 26.7 Å². The lowest BCUT2D eigenvalue weighted by molar-refractivity contribution is -0.138. The summed E-state index contributed by atoms with van der Waals surface area (Å²) in [4.78, 5) is 35.9. The molecule has 3 atom stereocenters. The highest BCUT2D eigenvalue weighted by molar-refractivity contribution is 5.94. The largest absolute Gasteiger partial charge is 0.481 e. The van der Waals surface area contributed by atoms with Crippen LogP contribution in [0.5, 0.6) is 0 Å². The van der Waals surface area contributed by atoms with E-state index >= 15 is 0 Å². The third-order valence-corrected chi connectivity index (χ3v) is 4.08. The molecule has 0 heterocycles. The Balaban J connectivity index is 2.40. The molecule has 0 spiro atoms. The summed E-state index contributed by atoms with van der Waals surface area (Å²) < 4.78 is 0. The Morgan fingerprint density at radius 3 is 2.52 bits per heavy atom. The summed E-state index contributed by atoms with van der Waals surface area (Å²) in [5, 5.41) is 11.0. The maximum Gasteiger partial charge on any atom is 0.324 e. The summed E-state index contributed by atoms with van der Waals surface area (Å²) in [6, 6.07) is -0.209. The van der Waals surface area contributed by atoms with E-state index in [1.54, 1.807) is 18.9 Å². The zero-order chi connectivity index (χ0) is 16.0. The maximum absolute atomic E-state index is 12.0. The van der Waals surface area contributed by atoms with Crippen LogP contribution < -0.4 is 5.32 Å². The number of carbonyl (C=O) groups excluding carboxylic acids is 2. The minimum Gasteiger partial charge on any atom is -0.481 e. The van der Waals surface area contributed by atoms with Crippen molar-refractivity contribution in [2.75, 3.05) is 7.05 Å². The molecule has 0 aromatic rings. The number of rotatable bonds is 5. The standard InChI is InChI=1S/C15H26N2O4/c1-10-5-4-6-12(7-10)17(3)15(21)16-13(18)8-11(2)9-14(19)20/h10-12H,4-9H2,1-3H3,(H,19,20)(H,16,18,21). The van der Waals surface area contributed by atoms with E-state index in [9.17, 15) is 14.4 Å². The molecule has 21 heavy (non-hydrogen) atoms. The highest BCUT2D eigenvalue weighted by Gasteiger charge is 2.26. The molecule has 3 amide bonds. The van der Waals surface area contributed by atoms with Gasteiger partial charge in [0.15, 0.2) is 0 Å². The van der Waals surface area contributed by atoms with Crippen molar-refractivity contribution >= 4 is 17.9 Å². The van der Waals surface area contributed by atoms with Gasteiger partial charge >= 0.3 is 12.0 Å². The highest BCUT2D eigenvalue weighted by Crippen LogP contribution is 2.26. The number of urea groups is 1. The van der Waals surface area contributed by atoms with E-state index < -0.39 is 11.9 Å². The lowest BCUT2D eigenvalue weighted by atomic mass is 9.86. The van der Waals surface area contributed by atoms with Crippen molar-refractivity contribution in [3.63, 3.8) is 0 Å². The van der Waals surface area contributed by atoms with Crippen molar-refractivity contribution < 1.29 is 19.5 Å². The minimum absolute atomic E-state index is 0.0486. The summed E-state index contributed by atoms with van der Waals surface area (Å²) in [6.45, 7) is 3.86. The normalized spacial score (nSPS) is 23.2. The number of nitrogens with one attached hydrogen (secondary N) is 1. The number of aliphatic carboxylic acids is 1. The van der Waals surface area contributed by atoms with E-state index in [0.717, 1.165) is 19.3 Å². The second-order valence-corrected chi connectivity index (χ2v) is 6.30. The van der Waals surface area contributed by atoms with Crippen LogP contribution in [0, 0.1) is 11.8 Å². The lowest BCUT2D eigenvalue weighted by Crippen LogP contribution is -2.47. The second-order valence-electron chi connectivity index (χ2n) is 6.30. The van der Waals surface area contributed by atoms with Crippen LogP contribution in [0.3, 0.4) is 0 Å². The van der Waals surface area contributed by atoms with Crippen LogP contribution in [0.25, 0.3) is 0 Å². The number of nitrogens with zero attached hydrogens (tertiary/aromatic N) is 1. The molecule has 0 aromatic heterocycles. The topological polar surface area (TPSA) is 86.7 Å². The Morgan fingerprint density at radius 1 is 1.29 bits per heavy atom. The molecule has 0 aliphatic heterocycles. The number of amides is 3. The highest BCUT2D eigenvalue weighted by atomic mass is 16.4. The van der Waals surface area contributed by atoms with Crippen molar-refractivity contribution in [1.29, 1.82) is 0 Å². The van der Waals surface area contributed by atoms with E-state index in [1.807, 2.05) is 0 Å². The first-order valence-corrected chi connectivity index (χ1v) is 7.58. The van der Waals surface area contributed by atoms with Gasteiger partial charge in [0.25, 0.3) is 0 Å². The minimum atomic E-state index is -0.935. The number of carbonyl (C=O) groups is 3. The molecule has 0 aromatic carbocycles. The fraction of sp³-hybridized carbons (Fsp3) is 0.800. The molecule has 0 radical (unpaired) electrons. The average Bonchev–Trinajstić information content (AvgIpc) is 2.36. The molecule has 2 N–H and O–H groups in total. The summed E-state index contributed by atoms with van der Waals surface area (Å²) in [5.74, 6) is -1.03. The zero-order valence-corrected chi connectivity index (χ0v) is 13.1. The SMILES string of the molecule is CC(CC(=O)O)CC(=O)NC(=O)N(C)C1CCCC(C)C1. The Kier molecular flexibility index (Phi) is 6.65. The maximum atomic E-state index is 12.0. The van der Waals surface area contributed by atoms with E-state index in [4.69, 9.17) is 5.11 Å². The molecule has 0 bridgehead atoms. The van der Waals surface area contributed by atoms with Crippen LogP contribution in [-0.4, -0.2) is 41.0 Å². The van der Waals surface area contributed by atoms with Gasteiger partial charge in [-0.2, -0.15) is 0 Å². The van der Waals surface area contributed by atoms with Gasteiger partial charge in [-0.05, 0) is 24.7 Å². The summed E-state index contributed by atoms with van der Waals surface area (Å²) in [5.41, 5.74) is 0. The van der Waals surface area contributed by atoms with Crippen molar-refractivity contribution in [1.82, 2.24) is 10.2 Å². The van der Waals surface area contributed by atoms with E-state index in [0.29, 0.717) is 5.92 Å². The van der Waals surface area contributed by atoms with Gasteiger partial charge in [-0.15, -0.1) is 0 Å². The van der Waals surface area contributed by atoms with Crippen LogP contribution in [0.2, 0.25) is 0 Å². The number of hydrogen-bond acceptors (Lipinski definition) is 3. The van der Waals surface area contributed by atoms with Gasteiger partial charge in [0, 0.05) is 25.9 Å². The summed E-state index contributed by atoms with van der Waals surface area (Å²) in [6.07, 6.45) is 4.21. The number of hydrogen-bond donors (Lipinski definition) is 2. The third kappa shape index (κ3) is 6.14. The molecule has 1 fully saturated rings. The summed E-state index contributed by atoms with van der Waals surface area (Å²) >= 11 is 0. The van der Waals surface area contributed by atoms with Gasteiger partial charge in [0.1, 0.15) is 0 Å². The van der Waals surface area contributed by atoms with Crippen molar-refractivity contribution in [3.8, 4) is 0 Å². The van der Waals surface area contributed by atoms with Gasteiger partial charge in [-0.3, -0.25) is 14.9 Å². The van der Waals surface area contributed by atoms with E-state index in [-0.39, 0.29) is 30.8 Å². The van der Waals surface area contributed by atoms with Gasteiger partial charge < -0.3 is 10.0 Å². The Bertz CT molecular complexity index is 397. The first-order valence-electron chi connectivity index (χ1n) is 7.58. The second kappa shape index (κ2) is 8.00. The zero-order valence-electron chi connectivity index (χ0n) is 13.1. The molecule has 120 valence electrons. The van der Waals surface area contributed by atoms with Crippen molar-refractivity contribution in [2.45, 2.75) is 58.4 Å². The van der Waals surface area contributed by atoms with Gasteiger partial charge in [0.2, 0.25) is 5.91 Å². The first kappa shape index (κ1) is 17.5. The smallest absolute Gasteiger partial charge is 0.324 e. The Hall–Kier alpha value is -1.59. The molecular weight excluding hydrogens is 272 g/mol. The third-order valence-electron chi connectivity index (χ3n) is 4.08. The average molecular weight is 298 g/mol. The molecule has 6 heteroatoms. The Labute approximate surface area is 125 Å². The van der Waals surface area contributed by atoms with Gasteiger partial charge in [-0.25, -0.2) is 4.79 Å².